The zero-order valence-corrected chi connectivity index (χ0v) is 42.9. The zero-order chi connectivity index (χ0) is 53.5. The van der Waals surface area contributed by atoms with E-state index in [9.17, 15) is 71.5 Å². The quantitative estimate of drug-likeness (QED) is 0.0727. The highest BCUT2D eigenvalue weighted by atomic mass is 16.8. The second-order valence-electron chi connectivity index (χ2n) is 23.8. The molecule has 0 radical (unpaired) electrons. The van der Waals surface area contributed by atoms with Gasteiger partial charge in [-0.15, -0.1) is 0 Å². The van der Waals surface area contributed by atoms with Crippen LogP contribution in [0, 0.1) is 46.3 Å². The van der Waals surface area contributed by atoms with Gasteiger partial charge in [0.2, 0.25) is 0 Å². The SMILES string of the molecule is CC1O[C@@H](OC2[C@H](O[C@H]3CC[C@@]4(C)C(=CC[C@H]5C6CC7O[C@](O)(CC[C@H](C)CO[C@@H]8O[C@H](CO)[C@@H](O)[C@H](O)[C@H]8O)C(C)C7[C@@]6(C)CCC54)C3)O[C@H](CO)[C@@H](O)[C@@H]2O[C@@H]2O[C@H](CO)[C@@H](O)[C@H](O)[C@H]2O)[C@H](O)[C@H](O)[C@@H]1O. The number of rotatable bonds is 15. The first kappa shape index (κ1) is 57.5. The van der Waals surface area contributed by atoms with Gasteiger partial charge < -0.3 is 114 Å². The van der Waals surface area contributed by atoms with Gasteiger partial charge in [0, 0.05) is 12.3 Å². The second-order valence-corrected chi connectivity index (χ2v) is 23.8. The molecule has 8 fully saturated rings. The maximum atomic E-state index is 12.1. The van der Waals surface area contributed by atoms with Crippen molar-refractivity contribution in [1.29, 1.82) is 0 Å². The van der Waals surface area contributed by atoms with Crippen LogP contribution in [-0.2, 0) is 42.6 Å². The molecule has 5 heterocycles. The summed E-state index contributed by atoms with van der Waals surface area (Å²) in [7, 11) is 0. The van der Waals surface area contributed by atoms with Crippen LogP contribution in [0.25, 0.3) is 0 Å². The largest absolute Gasteiger partial charge is 0.394 e. The number of ether oxygens (including phenoxy) is 9. The Bertz CT molecular complexity index is 1920. The third kappa shape index (κ3) is 10.2. The Morgan fingerprint density at radius 1 is 0.635 bits per heavy atom. The van der Waals surface area contributed by atoms with E-state index in [1.54, 1.807) is 0 Å². The summed E-state index contributed by atoms with van der Waals surface area (Å²) >= 11 is 0. The minimum atomic E-state index is -1.88. The molecule has 74 heavy (non-hydrogen) atoms. The number of hydrogen-bond donors (Lipinski definition) is 14. The van der Waals surface area contributed by atoms with E-state index in [1.807, 2.05) is 6.92 Å². The molecule has 0 aromatic heterocycles. The van der Waals surface area contributed by atoms with E-state index in [0.717, 1.165) is 32.1 Å². The van der Waals surface area contributed by atoms with Crippen molar-refractivity contribution in [3.05, 3.63) is 11.6 Å². The van der Waals surface area contributed by atoms with Gasteiger partial charge in [-0.05, 0) is 98.7 Å². The summed E-state index contributed by atoms with van der Waals surface area (Å²) in [4.78, 5) is 0. The summed E-state index contributed by atoms with van der Waals surface area (Å²) in [6.07, 6.45) is -22.5. The number of allylic oxidation sites excluding steroid dienone is 1. The molecule has 7 unspecified atom stereocenters. The van der Waals surface area contributed by atoms with E-state index in [-0.39, 0.29) is 41.3 Å². The average Bonchev–Trinajstić information content (AvgIpc) is 3.82. The summed E-state index contributed by atoms with van der Waals surface area (Å²) in [6, 6.07) is 0. The fourth-order valence-electron chi connectivity index (χ4n) is 15.0. The van der Waals surface area contributed by atoms with Crippen molar-refractivity contribution in [1.82, 2.24) is 0 Å². The fraction of sp³-hybridized carbons (Fsp3) is 0.961. The molecule has 0 amide bonds. The van der Waals surface area contributed by atoms with Crippen LogP contribution in [0.5, 0.6) is 0 Å². The molecule has 426 valence electrons. The molecule has 0 aromatic rings. The lowest BCUT2D eigenvalue weighted by atomic mass is 9.47. The highest BCUT2D eigenvalue weighted by Gasteiger charge is 2.68. The van der Waals surface area contributed by atoms with Gasteiger partial charge in [-0.2, -0.15) is 0 Å². The topological polar surface area (TPSA) is 366 Å². The molecule has 14 N–H and O–H groups in total. The van der Waals surface area contributed by atoms with Crippen LogP contribution in [0.15, 0.2) is 11.6 Å². The molecule has 3 saturated carbocycles. The van der Waals surface area contributed by atoms with Crippen LogP contribution in [0.4, 0.5) is 0 Å². The summed E-state index contributed by atoms with van der Waals surface area (Å²) in [5.74, 6) is -0.351. The van der Waals surface area contributed by atoms with Gasteiger partial charge in [0.25, 0.3) is 0 Å². The molecule has 0 bridgehead atoms. The normalized spacial score (nSPS) is 54.9. The first-order chi connectivity index (χ1) is 35.0. The van der Waals surface area contributed by atoms with Crippen molar-refractivity contribution < 1.29 is 114 Å². The predicted octanol–water partition coefficient (Wildman–Crippen LogP) is -3.01. The van der Waals surface area contributed by atoms with Crippen LogP contribution >= 0.6 is 0 Å². The Labute approximate surface area is 430 Å². The van der Waals surface area contributed by atoms with Gasteiger partial charge in [0.05, 0.1) is 44.7 Å². The Morgan fingerprint density at radius 3 is 1.85 bits per heavy atom. The van der Waals surface area contributed by atoms with E-state index < -0.39 is 155 Å². The molecule has 0 aromatic carbocycles. The lowest BCUT2D eigenvalue weighted by molar-refractivity contribution is -0.394. The molecule has 5 aliphatic heterocycles. The minimum Gasteiger partial charge on any atom is -0.394 e. The molecular weight excluding hydrogens is 981 g/mol. The van der Waals surface area contributed by atoms with Gasteiger partial charge in [-0.25, -0.2) is 0 Å². The summed E-state index contributed by atoms with van der Waals surface area (Å²) in [6.45, 7) is 8.33. The van der Waals surface area contributed by atoms with Crippen molar-refractivity contribution >= 4 is 0 Å². The molecular formula is C51H84O23. The van der Waals surface area contributed by atoms with Crippen LogP contribution in [-0.4, -0.2) is 239 Å². The first-order valence-electron chi connectivity index (χ1n) is 26.9. The van der Waals surface area contributed by atoms with Gasteiger partial charge in [-0.3, -0.25) is 0 Å². The van der Waals surface area contributed by atoms with Crippen molar-refractivity contribution in [2.75, 3.05) is 26.4 Å². The van der Waals surface area contributed by atoms with Crippen molar-refractivity contribution in [3.63, 3.8) is 0 Å². The third-order valence-electron chi connectivity index (χ3n) is 19.5. The second kappa shape index (κ2) is 22.4. The fourth-order valence-corrected chi connectivity index (χ4v) is 15.0. The molecule has 23 nitrogen and oxygen atoms in total. The van der Waals surface area contributed by atoms with E-state index in [1.165, 1.54) is 12.5 Å². The number of hydrogen-bond acceptors (Lipinski definition) is 23. The zero-order valence-electron chi connectivity index (χ0n) is 42.9. The van der Waals surface area contributed by atoms with Crippen LogP contribution in [0.1, 0.15) is 92.4 Å². The number of aliphatic hydroxyl groups is 14. The van der Waals surface area contributed by atoms with E-state index >= 15 is 0 Å². The Balaban J connectivity index is 0.864. The van der Waals surface area contributed by atoms with E-state index in [4.69, 9.17) is 42.6 Å². The number of fused-ring (bicyclic) bond motifs is 7. The molecule has 23 heteroatoms. The molecule has 9 aliphatic rings. The van der Waals surface area contributed by atoms with Gasteiger partial charge in [-0.1, -0.05) is 39.3 Å². The highest BCUT2D eigenvalue weighted by molar-refractivity contribution is 5.26. The van der Waals surface area contributed by atoms with Crippen molar-refractivity contribution in [2.45, 2.75) is 233 Å². The standard InChI is InChI=1S/C51H84O23/c1-20(19-66-45-40(62)38(60)34(56)29(16-52)69-45)8-13-51(65)21(2)32-28(74-51)15-27-25-7-6-23-14-24(9-11-49(23,4)26(25)10-12-50(27,32)5)68-48-44(73-46-41(63)37(59)33(55)22(3)67-46)43(36(58)31(18-54)71-48)72-47-42(64)39(61)35(57)30(17-53)70-47/h6,20-22,24-48,52-65H,7-19H2,1-5H3/t20-,21?,22?,24-,25+,26?,27?,28?,29+,30+,31+,32?,33+,34+,35+,36+,37+,38-,39-,40+,41+,42+,43-,44?,45+,46-,47-,48+,49-,50-,51+/m0/s1. The van der Waals surface area contributed by atoms with Gasteiger partial charge in [0.1, 0.15) is 91.6 Å². The van der Waals surface area contributed by atoms with Gasteiger partial charge in [0.15, 0.2) is 30.9 Å². The van der Waals surface area contributed by atoms with Crippen molar-refractivity contribution in [3.8, 4) is 0 Å². The predicted molar refractivity (Wildman–Crippen MR) is 250 cm³/mol. The van der Waals surface area contributed by atoms with E-state index in [0.29, 0.717) is 43.4 Å². The lowest BCUT2D eigenvalue weighted by Gasteiger charge is -2.58. The third-order valence-corrected chi connectivity index (χ3v) is 19.5. The Hall–Kier alpha value is -1.18. The Kier molecular flexibility index (Phi) is 17.4. The highest BCUT2D eigenvalue weighted by Crippen LogP contribution is 2.70. The lowest BCUT2D eigenvalue weighted by Crippen LogP contribution is -2.67. The first-order valence-corrected chi connectivity index (χ1v) is 26.9. The maximum Gasteiger partial charge on any atom is 0.187 e. The van der Waals surface area contributed by atoms with Crippen LogP contribution in [0.2, 0.25) is 0 Å². The maximum absolute atomic E-state index is 12.1. The minimum absolute atomic E-state index is 0.0769. The number of aliphatic hydroxyl groups excluding tert-OH is 13. The molecule has 31 atom stereocenters. The summed E-state index contributed by atoms with van der Waals surface area (Å²) < 4.78 is 54.7. The molecule has 0 spiro atoms. The molecule has 5 saturated heterocycles. The monoisotopic (exact) mass is 1060 g/mol. The smallest absolute Gasteiger partial charge is 0.187 e. The average molecular weight is 1070 g/mol. The molecule has 9 rings (SSSR count). The van der Waals surface area contributed by atoms with Gasteiger partial charge >= 0.3 is 0 Å². The van der Waals surface area contributed by atoms with Crippen LogP contribution < -0.4 is 0 Å². The van der Waals surface area contributed by atoms with Crippen LogP contribution in [0.3, 0.4) is 0 Å². The van der Waals surface area contributed by atoms with E-state index in [2.05, 4.69) is 26.8 Å². The summed E-state index contributed by atoms with van der Waals surface area (Å²) in [5.41, 5.74) is 0.989. The Morgan fingerprint density at radius 2 is 1.20 bits per heavy atom. The molecule has 4 aliphatic carbocycles. The van der Waals surface area contributed by atoms with Crippen molar-refractivity contribution in [2.24, 2.45) is 46.3 Å². The summed E-state index contributed by atoms with van der Waals surface area (Å²) in [5, 5.41) is 149.